The summed E-state index contributed by atoms with van der Waals surface area (Å²) in [6.07, 6.45) is 2.37. The number of benzene rings is 1. The number of sulfonamides is 1. The van der Waals surface area contributed by atoms with Crippen molar-refractivity contribution in [3.05, 3.63) is 24.3 Å². The van der Waals surface area contributed by atoms with E-state index in [2.05, 4.69) is 10.6 Å². The van der Waals surface area contributed by atoms with Gasteiger partial charge in [0.2, 0.25) is 10.0 Å². The molecular weight excluding hydrogens is 250 g/mol. The highest BCUT2D eigenvalue weighted by Gasteiger charge is 2.12. The Balaban J connectivity index is 1.90. The summed E-state index contributed by atoms with van der Waals surface area (Å²) in [4.78, 5) is 0.148. The lowest BCUT2D eigenvalue weighted by Crippen LogP contribution is -2.31. The SMILES string of the molecule is NS(=O)(=O)c1ccc(NCC2CCNCC2)cc1. The Morgan fingerprint density at radius 2 is 1.83 bits per heavy atom. The molecule has 4 N–H and O–H groups in total. The molecule has 1 aliphatic heterocycles. The fourth-order valence-corrected chi connectivity index (χ4v) is 2.63. The summed E-state index contributed by atoms with van der Waals surface area (Å²) in [7, 11) is -3.59. The molecule has 0 amide bonds. The van der Waals surface area contributed by atoms with Gasteiger partial charge in [-0.05, 0) is 56.1 Å². The van der Waals surface area contributed by atoms with Crippen molar-refractivity contribution in [2.45, 2.75) is 17.7 Å². The van der Waals surface area contributed by atoms with E-state index in [0.29, 0.717) is 5.92 Å². The molecule has 1 aromatic rings. The number of piperidine rings is 1. The lowest BCUT2D eigenvalue weighted by atomic mass is 9.98. The zero-order valence-electron chi connectivity index (χ0n) is 10.2. The Bertz CT molecular complexity index is 479. The van der Waals surface area contributed by atoms with Gasteiger partial charge in [0.15, 0.2) is 0 Å². The summed E-state index contributed by atoms with van der Waals surface area (Å²) in [5, 5.41) is 11.7. The number of primary sulfonamides is 1. The Labute approximate surface area is 108 Å². The van der Waals surface area contributed by atoms with Crippen molar-refractivity contribution < 1.29 is 8.42 Å². The molecule has 1 fully saturated rings. The maximum Gasteiger partial charge on any atom is 0.238 e. The van der Waals surface area contributed by atoms with Crippen molar-refractivity contribution in [2.75, 3.05) is 25.0 Å². The molecule has 18 heavy (non-hydrogen) atoms. The zero-order valence-corrected chi connectivity index (χ0v) is 11.0. The minimum atomic E-state index is -3.59. The van der Waals surface area contributed by atoms with E-state index in [1.54, 1.807) is 12.1 Å². The summed E-state index contributed by atoms with van der Waals surface area (Å²) in [5.41, 5.74) is 0.931. The Hall–Kier alpha value is -1.11. The third-order valence-corrected chi connectivity index (χ3v) is 4.17. The second-order valence-corrected chi connectivity index (χ2v) is 6.21. The highest BCUT2D eigenvalue weighted by atomic mass is 32.2. The van der Waals surface area contributed by atoms with Crippen LogP contribution in [0.4, 0.5) is 5.69 Å². The zero-order chi connectivity index (χ0) is 13.0. The van der Waals surface area contributed by atoms with Crippen molar-refractivity contribution in [3.63, 3.8) is 0 Å². The molecule has 0 unspecified atom stereocenters. The topological polar surface area (TPSA) is 84.2 Å². The predicted molar refractivity (Wildman–Crippen MR) is 71.9 cm³/mol. The molecule has 0 bridgehead atoms. The summed E-state index contributed by atoms with van der Waals surface area (Å²) >= 11 is 0. The standard InChI is InChI=1S/C12H19N3O2S/c13-18(16,17)12-3-1-11(2-4-12)15-9-10-5-7-14-8-6-10/h1-4,10,14-15H,5-9H2,(H2,13,16,17). The highest BCUT2D eigenvalue weighted by Crippen LogP contribution is 2.16. The van der Waals surface area contributed by atoms with Crippen LogP contribution in [0.3, 0.4) is 0 Å². The van der Waals surface area contributed by atoms with E-state index < -0.39 is 10.0 Å². The molecule has 0 aromatic heterocycles. The maximum atomic E-state index is 11.1. The predicted octanol–water partition coefficient (Wildman–Crippen LogP) is 0.745. The van der Waals surface area contributed by atoms with Gasteiger partial charge >= 0.3 is 0 Å². The number of nitrogens with one attached hydrogen (secondary N) is 2. The van der Waals surface area contributed by atoms with E-state index in [1.807, 2.05) is 0 Å². The monoisotopic (exact) mass is 269 g/mol. The van der Waals surface area contributed by atoms with Crippen molar-refractivity contribution in [1.82, 2.24) is 5.32 Å². The largest absolute Gasteiger partial charge is 0.385 e. The van der Waals surface area contributed by atoms with Gasteiger partial charge in [-0.1, -0.05) is 0 Å². The Morgan fingerprint density at radius 1 is 1.22 bits per heavy atom. The van der Waals surface area contributed by atoms with Gasteiger partial charge in [-0.25, -0.2) is 13.6 Å². The van der Waals surface area contributed by atoms with Crippen LogP contribution < -0.4 is 15.8 Å². The number of hydrogen-bond acceptors (Lipinski definition) is 4. The molecule has 1 aliphatic rings. The Morgan fingerprint density at radius 3 is 2.39 bits per heavy atom. The normalized spacial score (nSPS) is 17.6. The molecule has 1 saturated heterocycles. The van der Waals surface area contributed by atoms with Crippen molar-refractivity contribution >= 4 is 15.7 Å². The van der Waals surface area contributed by atoms with Gasteiger partial charge in [0, 0.05) is 12.2 Å². The van der Waals surface area contributed by atoms with Gasteiger partial charge in [-0.2, -0.15) is 0 Å². The van der Waals surface area contributed by atoms with Crippen LogP contribution in [0.2, 0.25) is 0 Å². The summed E-state index contributed by atoms with van der Waals surface area (Å²) in [6, 6.07) is 6.56. The second kappa shape index (κ2) is 5.69. The fraction of sp³-hybridized carbons (Fsp3) is 0.500. The smallest absolute Gasteiger partial charge is 0.238 e. The molecule has 0 aliphatic carbocycles. The first kappa shape index (κ1) is 13.3. The third kappa shape index (κ3) is 3.69. The molecular formula is C12H19N3O2S. The molecule has 0 saturated carbocycles. The van der Waals surface area contributed by atoms with Crippen LogP contribution in [0.25, 0.3) is 0 Å². The van der Waals surface area contributed by atoms with Crippen LogP contribution >= 0.6 is 0 Å². The average molecular weight is 269 g/mol. The second-order valence-electron chi connectivity index (χ2n) is 4.64. The lowest BCUT2D eigenvalue weighted by Gasteiger charge is -2.23. The lowest BCUT2D eigenvalue weighted by molar-refractivity contribution is 0.390. The summed E-state index contributed by atoms with van der Waals surface area (Å²) < 4.78 is 22.2. The van der Waals surface area contributed by atoms with Crippen molar-refractivity contribution in [2.24, 2.45) is 11.1 Å². The van der Waals surface area contributed by atoms with Crippen molar-refractivity contribution in [1.29, 1.82) is 0 Å². The molecule has 0 radical (unpaired) electrons. The Kier molecular flexibility index (Phi) is 4.21. The van der Waals surface area contributed by atoms with Gasteiger partial charge < -0.3 is 10.6 Å². The quantitative estimate of drug-likeness (QED) is 0.753. The van der Waals surface area contributed by atoms with Crippen molar-refractivity contribution in [3.8, 4) is 0 Å². The van der Waals surface area contributed by atoms with Crippen LogP contribution in [-0.2, 0) is 10.0 Å². The number of anilines is 1. The minimum Gasteiger partial charge on any atom is -0.385 e. The van der Waals surface area contributed by atoms with Gasteiger partial charge in [0.25, 0.3) is 0 Å². The van der Waals surface area contributed by atoms with E-state index in [1.165, 1.54) is 25.0 Å². The van der Waals surface area contributed by atoms with Crippen LogP contribution in [0.5, 0.6) is 0 Å². The van der Waals surface area contributed by atoms with Gasteiger partial charge in [-0.15, -0.1) is 0 Å². The average Bonchev–Trinajstić information content (AvgIpc) is 2.37. The van der Waals surface area contributed by atoms with Crippen LogP contribution in [0, 0.1) is 5.92 Å². The number of rotatable bonds is 4. The van der Waals surface area contributed by atoms with Gasteiger partial charge in [0.1, 0.15) is 0 Å². The first-order valence-electron chi connectivity index (χ1n) is 6.13. The molecule has 0 atom stereocenters. The minimum absolute atomic E-state index is 0.148. The van der Waals surface area contributed by atoms with Crippen LogP contribution in [0.15, 0.2) is 29.2 Å². The molecule has 6 heteroatoms. The molecule has 2 rings (SSSR count). The number of nitrogens with two attached hydrogens (primary N) is 1. The summed E-state index contributed by atoms with van der Waals surface area (Å²) in [5.74, 6) is 0.684. The van der Waals surface area contributed by atoms with E-state index in [0.717, 1.165) is 25.3 Å². The number of hydrogen-bond donors (Lipinski definition) is 3. The van der Waals surface area contributed by atoms with E-state index >= 15 is 0 Å². The van der Waals surface area contributed by atoms with E-state index in [-0.39, 0.29) is 4.90 Å². The van der Waals surface area contributed by atoms with E-state index in [9.17, 15) is 8.42 Å². The molecule has 5 nitrogen and oxygen atoms in total. The highest BCUT2D eigenvalue weighted by molar-refractivity contribution is 7.89. The maximum absolute atomic E-state index is 11.1. The van der Waals surface area contributed by atoms with E-state index in [4.69, 9.17) is 5.14 Å². The first-order chi connectivity index (χ1) is 8.55. The first-order valence-corrected chi connectivity index (χ1v) is 7.68. The van der Waals surface area contributed by atoms with Gasteiger partial charge in [-0.3, -0.25) is 0 Å². The molecule has 1 aromatic carbocycles. The molecule has 0 spiro atoms. The van der Waals surface area contributed by atoms with Gasteiger partial charge in [0.05, 0.1) is 4.90 Å². The molecule has 100 valence electrons. The fourth-order valence-electron chi connectivity index (χ4n) is 2.11. The van der Waals surface area contributed by atoms with Crippen LogP contribution in [0.1, 0.15) is 12.8 Å². The summed E-state index contributed by atoms with van der Waals surface area (Å²) in [6.45, 7) is 3.09. The molecule has 1 heterocycles. The van der Waals surface area contributed by atoms with Crippen LogP contribution in [-0.4, -0.2) is 28.1 Å². The third-order valence-electron chi connectivity index (χ3n) is 3.24.